The van der Waals surface area contributed by atoms with Gasteiger partial charge < -0.3 is 16.2 Å². The van der Waals surface area contributed by atoms with Gasteiger partial charge in [-0.3, -0.25) is 14.4 Å². The van der Waals surface area contributed by atoms with Gasteiger partial charge in [0.15, 0.2) is 0 Å². The maximum Gasteiger partial charge on any atom is 0.322 e. The van der Waals surface area contributed by atoms with Crippen LogP contribution in [0.2, 0.25) is 0 Å². The number of ketones is 1. The highest BCUT2D eigenvalue weighted by Crippen LogP contribution is 1.76. The molecule has 0 aromatic carbocycles. The molecule has 0 aliphatic heterocycles. The number of carboxylic acids is 1. The van der Waals surface area contributed by atoms with Gasteiger partial charge >= 0.3 is 5.97 Å². The molecule has 0 radical (unpaired) electrons. The van der Waals surface area contributed by atoms with Gasteiger partial charge in [-0.05, 0) is 0 Å². The first-order valence-electron chi connectivity index (χ1n) is 4.22. The Hall–Kier alpha value is -1.43. The first-order chi connectivity index (χ1) is 6.45. The molecule has 0 spiro atoms. The zero-order valence-electron chi connectivity index (χ0n) is 8.53. The molecule has 4 N–H and O–H groups in total. The van der Waals surface area contributed by atoms with Crippen molar-refractivity contribution in [2.24, 2.45) is 5.73 Å². The number of aliphatic carboxylic acids is 1. The maximum atomic E-state index is 10.6. The predicted octanol–water partition coefficient (Wildman–Crippen LogP) is -0.870. The van der Waals surface area contributed by atoms with Gasteiger partial charge in [-0.25, -0.2) is 0 Å². The number of hydrogen-bond acceptors (Lipinski definition) is 4. The van der Waals surface area contributed by atoms with Crippen LogP contribution in [0, 0.1) is 0 Å². The summed E-state index contributed by atoms with van der Waals surface area (Å²) in [5.41, 5.74) is 5.04. The Bertz CT molecular complexity index is 215. The standard InChI is InChI=1S/C6H10N2O4.C2H6/c1-3(9)5(10)8-2-4(7)6(11)12;1-2/h4H,2,7H2,1H3,(H,8,10)(H,11,12);1-2H3. The van der Waals surface area contributed by atoms with E-state index in [2.05, 4.69) is 5.32 Å². The minimum absolute atomic E-state index is 0.242. The second-order valence-electron chi connectivity index (χ2n) is 2.21. The van der Waals surface area contributed by atoms with E-state index in [9.17, 15) is 14.4 Å². The van der Waals surface area contributed by atoms with E-state index in [1.165, 1.54) is 0 Å². The van der Waals surface area contributed by atoms with Crippen LogP contribution in [0.5, 0.6) is 0 Å². The largest absolute Gasteiger partial charge is 0.480 e. The van der Waals surface area contributed by atoms with Crippen LogP contribution in [-0.4, -0.2) is 35.4 Å². The van der Waals surface area contributed by atoms with Gasteiger partial charge in [0, 0.05) is 13.5 Å². The lowest BCUT2D eigenvalue weighted by atomic mass is 10.3. The first-order valence-corrected chi connectivity index (χ1v) is 4.22. The molecular weight excluding hydrogens is 188 g/mol. The van der Waals surface area contributed by atoms with E-state index in [4.69, 9.17) is 10.8 Å². The second-order valence-corrected chi connectivity index (χ2v) is 2.21. The fraction of sp³-hybridized carbons (Fsp3) is 0.625. The third kappa shape index (κ3) is 7.23. The minimum atomic E-state index is -1.22. The lowest BCUT2D eigenvalue weighted by Gasteiger charge is -2.05. The molecule has 0 saturated carbocycles. The van der Waals surface area contributed by atoms with Gasteiger partial charge in [0.05, 0.1) is 0 Å². The van der Waals surface area contributed by atoms with Gasteiger partial charge in [-0.15, -0.1) is 0 Å². The molecule has 0 rings (SSSR count). The van der Waals surface area contributed by atoms with Crippen LogP contribution in [0.25, 0.3) is 0 Å². The number of amides is 1. The van der Waals surface area contributed by atoms with E-state index in [1.807, 2.05) is 13.8 Å². The number of Topliss-reactive ketones (excluding diaryl/α,β-unsaturated/α-hetero) is 1. The van der Waals surface area contributed by atoms with Crippen molar-refractivity contribution in [2.45, 2.75) is 26.8 Å². The molecule has 0 fully saturated rings. The zero-order chi connectivity index (χ0) is 11.7. The minimum Gasteiger partial charge on any atom is -0.480 e. The highest BCUT2D eigenvalue weighted by atomic mass is 16.4. The summed E-state index contributed by atoms with van der Waals surface area (Å²) >= 11 is 0. The van der Waals surface area contributed by atoms with Gasteiger partial charge in [0.1, 0.15) is 6.04 Å². The van der Waals surface area contributed by atoms with E-state index in [-0.39, 0.29) is 6.54 Å². The summed E-state index contributed by atoms with van der Waals surface area (Å²) in [6.07, 6.45) is 0. The van der Waals surface area contributed by atoms with Crippen LogP contribution in [0.4, 0.5) is 0 Å². The van der Waals surface area contributed by atoms with Crippen molar-refractivity contribution in [3.05, 3.63) is 0 Å². The number of carboxylic acid groups (broad SMARTS) is 1. The fourth-order valence-electron chi connectivity index (χ4n) is 0.414. The molecular formula is C8H16N2O4. The molecule has 1 amide bonds. The van der Waals surface area contributed by atoms with Crippen molar-refractivity contribution >= 4 is 17.7 Å². The summed E-state index contributed by atoms with van der Waals surface area (Å²) in [4.78, 5) is 31.0. The van der Waals surface area contributed by atoms with E-state index < -0.39 is 23.7 Å². The molecule has 6 heteroatoms. The quantitative estimate of drug-likeness (QED) is 0.516. The monoisotopic (exact) mass is 204 g/mol. The molecule has 82 valence electrons. The van der Waals surface area contributed by atoms with E-state index in [1.54, 1.807) is 0 Å². The average molecular weight is 204 g/mol. The lowest BCUT2D eigenvalue weighted by Crippen LogP contribution is -2.43. The Morgan fingerprint density at radius 1 is 1.36 bits per heavy atom. The number of carbonyl (C=O) groups excluding carboxylic acids is 2. The summed E-state index contributed by atoms with van der Waals surface area (Å²) < 4.78 is 0. The number of nitrogens with one attached hydrogen (secondary N) is 1. The Labute approximate surface area is 82.5 Å². The predicted molar refractivity (Wildman–Crippen MR) is 50.6 cm³/mol. The highest BCUT2D eigenvalue weighted by Gasteiger charge is 2.13. The Morgan fingerprint density at radius 2 is 1.79 bits per heavy atom. The van der Waals surface area contributed by atoms with E-state index >= 15 is 0 Å². The van der Waals surface area contributed by atoms with Crippen molar-refractivity contribution in [3.63, 3.8) is 0 Å². The van der Waals surface area contributed by atoms with Crippen LogP contribution < -0.4 is 11.1 Å². The normalized spacial score (nSPS) is 10.6. The molecule has 0 aromatic rings. The van der Waals surface area contributed by atoms with Crippen molar-refractivity contribution in [1.29, 1.82) is 0 Å². The molecule has 0 saturated heterocycles. The SMILES string of the molecule is CC.CC(=O)C(=O)NCC(N)C(=O)O. The smallest absolute Gasteiger partial charge is 0.322 e. The van der Waals surface area contributed by atoms with Crippen molar-refractivity contribution in [2.75, 3.05) is 6.54 Å². The van der Waals surface area contributed by atoms with Crippen LogP contribution in [0.3, 0.4) is 0 Å². The summed E-state index contributed by atoms with van der Waals surface area (Å²) in [5.74, 6) is -2.72. The summed E-state index contributed by atoms with van der Waals surface area (Å²) in [6.45, 7) is 4.84. The van der Waals surface area contributed by atoms with Crippen molar-refractivity contribution < 1.29 is 19.5 Å². The molecule has 0 aliphatic carbocycles. The number of nitrogens with two attached hydrogens (primary N) is 1. The molecule has 0 aromatic heterocycles. The molecule has 1 unspecified atom stereocenters. The second kappa shape index (κ2) is 8.18. The first kappa shape index (κ1) is 15.1. The summed E-state index contributed by atoms with van der Waals surface area (Å²) in [6, 6.07) is -1.17. The molecule has 6 nitrogen and oxygen atoms in total. The summed E-state index contributed by atoms with van der Waals surface area (Å²) in [5, 5.41) is 10.3. The fourth-order valence-corrected chi connectivity index (χ4v) is 0.414. The van der Waals surface area contributed by atoms with Gasteiger partial charge in [0.25, 0.3) is 5.91 Å². The average Bonchev–Trinajstić information content (AvgIpc) is 2.16. The number of rotatable bonds is 4. The number of hydrogen-bond donors (Lipinski definition) is 3. The van der Waals surface area contributed by atoms with Crippen LogP contribution in [-0.2, 0) is 14.4 Å². The van der Waals surface area contributed by atoms with Crippen LogP contribution >= 0.6 is 0 Å². The van der Waals surface area contributed by atoms with Crippen LogP contribution in [0.15, 0.2) is 0 Å². The van der Waals surface area contributed by atoms with E-state index in [0.717, 1.165) is 6.92 Å². The summed E-state index contributed by atoms with van der Waals surface area (Å²) in [7, 11) is 0. The van der Waals surface area contributed by atoms with Gasteiger partial charge in [-0.2, -0.15) is 0 Å². The molecule has 0 heterocycles. The Morgan fingerprint density at radius 3 is 2.07 bits per heavy atom. The molecule has 0 bridgehead atoms. The number of carbonyl (C=O) groups is 3. The van der Waals surface area contributed by atoms with E-state index in [0.29, 0.717) is 0 Å². The highest BCUT2D eigenvalue weighted by molar-refractivity contribution is 6.35. The van der Waals surface area contributed by atoms with Crippen molar-refractivity contribution in [1.82, 2.24) is 5.32 Å². The topological polar surface area (TPSA) is 109 Å². The Kier molecular flexibility index (Phi) is 8.80. The lowest BCUT2D eigenvalue weighted by molar-refractivity contribution is -0.139. The van der Waals surface area contributed by atoms with Gasteiger partial charge in [0.2, 0.25) is 5.78 Å². The van der Waals surface area contributed by atoms with Crippen molar-refractivity contribution in [3.8, 4) is 0 Å². The Balaban J connectivity index is 0. The van der Waals surface area contributed by atoms with Gasteiger partial charge in [-0.1, -0.05) is 13.8 Å². The third-order valence-corrected chi connectivity index (χ3v) is 1.12. The third-order valence-electron chi connectivity index (χ3n) is 1.12. The maximum absolute atomic E-state index is 10.6. The molecule has 14 heavy (non-hydrogen) atoms. The zero-order valence-corrected chi connectivity index (χ0v) is 8.53. The molecule has 1 atom stereocenters. The molecule has 0 aliphatic rings. The van der Waals surface area contributed by atoms with Crippen LogP contribution in [0.1, 0.15) is 20.8 Å².